The number of rotatable bonds is 5. The Hall–Kier alpha value is -1.46. The van der Waals surface area contributed by atoms with E-state index in [9.17, 15) is 5.11 Å². The number of aliphatic hydroxyl groups is 1. The number of ether oxygens (including phenoxy) is 1. The fraction of sp³-hybridized carbons (Fsp3) is 0.429. The minimum Gasteiger partial charge on any atom is -0.491 e. The molecule has 2 heterocycles. The zero-order valence-electron chi connectivity index (χ0n) is 15.3. The molecule has 4 rings (SSSR count). The summed E-state index contributed by atoms with van der Waals surface area (Å²) in [6.45, 7) is 3.95. The number of nitrogens with zero attached hydrogens (tertiary/aromatic N) is 2. The Balaban J connectivity index is 0.00000210. The molecule has 0 spiro atoms. The van der Waals surface area contributed by atoms with Crippen LogP contribution in [0, 0.1) is 0 Å². The molecule has 0 amide bonds. The van der Waals surface area contributed by atoms with Crippen molar-refractivity contribution in [1.29, 1.82) is 0 Å². The van der Waals surface area contributed by atoms with Crippen LogP contribution in [0.4, 0.5) is 5.69 Å². The van der Waals surface area contributed by atoms with Crippen molar-refractivity contribution in [1.82, 2.24) is 4.90 Å². The van der Waals surface area contributed by atoms with E-state index < -0.39 is 6.10 Å². The van der Waals surface area contributed by atoms with Gasteiger partial charge in [0.2, 0.25) is 0 Å². The zero-order chi connectivity index (χ0) is 17.9. The van der Waals surface area contributed by atoms with Crippen molar-refractivity contribution in [3.8, 4) is 5.75 Å². The van der Waals surface area contributed by atoms with Gasteiger partial charge in [0.1, 0.15) is 18.5 Å². The van der Waals surface area contributed by atoms with Gasteiger partial charge in [-0.1, -0.05) is 29.8 Å². The number of β-amino-alcohol motifs (C(OH)–C–C–N with tert-alkyl or cyclic N) is 1. The van der Waals surface area contributed by atoms with E-state index in [-0.39, 0.29) is 12.4 Å². The number of benzene rings is 2. The first kappa shape index (κ1) is 20.3. The van der Waals surface area contributed by atoms with Gasteiger partial charge < -0.3 is 14.7 Å². The highest BCUT2D eigenvalue weighted by Crippen LogP contribution is 2.32. The predicted octanol–water partition coefficient (Wildman–Crippen LogP) is 3.64. The summed E-state index contributed by atoms with van der Waals surface area (Å²) in [5.74, 6) is 0.738. The van der Waals surface area contributed by atoms with Crippen molar-refractivity contribution in [2.75, 3.05) is 37.7 Å². The van der Waals surface area contributed by atoms with E-state index in [4.69, 9.17) is 16.3 Å². The van der Waals surface area contributed by atoms with E-state index >= 15 is 0 Å². The van der Waals surface area contributed by atoms with Gasteiger partial charge in [-0.3, -0.25) is 4.90 Å². The summed E-state index contributed by atoms with van der Waals surface area (Å²) in [5, 5.41) is 11.0. The van der Waals surface area contributed by atoms with Crippen LogP contribution in [0.1, 0.15) is 12.0 Å². The Morgan fingerprint density at radius 3 is 2.70 bits per heavy atom. The van der Waals surface area contributed by atoms with Gasteiger partial charge in [-0.05, 0) is 48.7 Å². The molecule has 6 heteroatoms. The lowest BCUT2D eigenvalue weighted by Crippen LogP contribution is -2.56. The fourth-order valence-electron chi connectivity index (χ4n) is 4.05. The molecular formula is C21H26Cl2N2O2. The summed E-state index contributed by atoms with van der Waals surface area (Å²) in [6.07, 6.45) is 1.84. The molecule has 0 aliphatic carbocycles. The molecule has 2 aromatic carbocycles. The molecule has 2 aliphatic rings. The van der Waals surface area contributed by atoms with Gasteiger partial charge >= 0.3 is 0 Å². The average molecular weight is 409 g/mol. The molecule has 2 unspecified atom stereocenters. The van der Waals surface area contributed by atoms with E-state index in [2.05, 4.69) is 34.1 Å². The van der Waals surface area contributed by atoms with Crippen LogP contribution < -0.4 is 9.64 Å². The van der Waals surface area contributed by atoms with Gasteiger partial charge in [-0.15, -0.1) is 12.4 Å². The number of para-hydroxylation sites is 1. The van der Waals surface area contributed by atoms with Gasteiger partial charge in [0.25, 0.3) is 0 Å². The summed E-state index contributed by atoms with van der Waals surface area (Å²) < 4.78 is 5.67. The first-order chi connectivity index (χ1) is 12.7. The van der Waals surface area contributed by atoms with Crippen LogP contribution in [0.2, 0.25) is 5.02 Å². The Labute approximate surface area is 172 Å². The Kier molecular flexibility index (Phi) is 6.88. The molecular weight excluding hydrogens is 383 g/mol. The molecule has 27 heavy (non-hydrogen) atoms. The number of halogens is 2. The van der Waals surface area contributed by atoms with Gasteiger partial charge in [0.15, 0.2) is 0 Å². The van der Waals surface area contributed by atoms with E-state index in [0.29, 0.717) is 24.2 Å². The van der Waals surface area contributed by atoms with Crippen molar-refractivity contribution in [2.24, 2.45) is 0 Å². The summed E-state index contributed by atoms with van der Waals surface area (Å²) in [6, 6.07) is 16.5. The van der Waals surface area contributed by atoms with Crippen molar-refractivity contribution in [3.63, 3.8) is 0 Å². The molecule has 1 N–H and O–H groups in total. The highest BCUT2D eigenvalue weighted by molar-refractivity contribution is 6.30. The normalized spacial score (nSPS) is 20.2. The van der Waals surface area contributed by atoms with Gasteiger partial charge in [0, 0.05) is 42.9 Å². The quantitative estimate of drug-likeness (QED) is 0.818. The zero-order valence-corrected chi connectivity index (χ0v) is 16.8. The van der Waals surface area contributed by atoms with Crippen molar-refractivity contribution in [2.45, 2.75) is 25.0 Å². The third kappa shape index (κ3) is 4.88. The molecule has 2 aromatic rings. The molecule has 1 saturated heterocycles. The highest BCUT2D eigenvalue weighted by Gasteiger charge is 2.31. The molecule has 0 bridgehead atoms. The Bertz CT molecular complexity index is 741. The number of aryl methyl sites for hydroxylation is 1. The summed E-state index contributed by atoms with van der Waals surface area (Å²) in [5.41, 5.74) is 2.86. The molecule has 2 atom stereocenters. The number of anilines is 1. The SMILES string of the molecule is Cl.OC(COc1ccc(Cl)cc1)CN1CCN2c3ccccc3CCC2C1. The standard InChI is InChI=1S/C21H25ClN2O2.ClH/c22-17-6-9-20(10-7-17)26-15-19(25)14-23-11-12-24-18(13-23)8-5-16-3-1-2-4-21(16)24;/h1-4,6-7,9-10,18-19,25H,5,8,11-15H2;1H. The molecule has 2 aliphatic heterocycles. The van der Waals surface area contributed by atoms with Crippen molar-refractivity contribution < 1.29 is 9.84 Å². The lowest BCUT2D eigenvalue weighted by molar-refractivity contribution is 0.0605. The summed E-state index contributed by atoms with van der Waals surface area (Å²) >= 11 is 5.88. The minimum atomic E-state index is -0.492. The Morgan fingerprint density at radius 2 is 1.89 bits per heavy atom. The first-order valence-corrected chi connectivity index (χ1v) is 9.70. The van der Waals surface area contributed by atoms with Crippen LogP contribution in [0.25, 0.3) is 0 Å². The van der Waals surface area contributed by atoms with Crippen LogP contribution in [0.3, 0.4) is 0 Å². The Morgan fingerprint density at radius 1 is 1.11 bits per heavy atom. The van der Waals surface area contributed by atoms with Crippen LogP contribution in [0.15, 0.2) is 48.5 Å². The summed E-state index contributed by atoms with van der Waals surface area (Å²) in [7, 11) is 0. The number of aliphatic hydroxyl groups excluding tert-OH is 1. The van der Waals surface area contributed by atoms with E-state index in [1.165, 1.54) is 17.7 Å². The maximum absolute atomic E-state index is 10.4. The van der Waals surface area contributed by atoms with Gasteiger partial charge in [0.05, 0.1) is 0 Å². The van der Waals surface area contributed by atoms with Gasteiger partial charge in [-0.2, -0.15) is 0 Å². The molecule has 0 aromatic heterocycles. The molecule has 0 radical (unpaired) electrons. The van der Waals surface area contributed by atoms with E-state index in [1.807, 2.05) is 12.1 Å². The number of fused-ring (bicyclic) bond motifs is 3. The van der Waals surface area contributed by atoms with Crippen molar-refractivity contribution >= 4 is 29.7 Å². The topological polar surface area (TPSA) is 35.9 Å². The molecule has 0 saturated carbocycles. The molecule has 1 fully saturated rings. The second kappa shape index (κ2) is 9.16. The lowest BCUT2D eigenvalue weighted by Gasteiger charge is -2.46. The monoisotopic (exact) mass is 408 g/mol. The first-order valence-electron chi connectivity index (χ1n) is 9.32. The number of hydrogen-bond acceptors (Lipinski definition) is 4. The third-order valence-corrected chi connectivity index (χ3v) is 5.59. The summed E-state index contributed by atoms with van der Waals surface area (Å²) in [4.78, 5) is 4.91. The third-order valence-electron chi connectivity index (χ3n) is 5.34. The average Bonchev–Trinajstić information content (AvgIpc) is 2.67. The largest absolute Gasteiger partial charge is 0.491 e. The van der Waals surface area contributed by atoms with Gasteiger partial charge in [-0.25, -0.2) is 0 Å². The smallest absolute Gasteiger partial charge is 0.119 e. The number of hydrogen-bond donors (Lipinski definition) is 1. The van der Waals surface area contributed by atoms with Crippen LogP contribution in [-0.2, 0) is 6.42 Å². The van der Waals surface area contributed by atoms with Crippen molar-refractivity contribution in [3.05, 3.63) is 59.1 Å². The van der Waals surface area contributed by atoms with Crippen LogP contribution in [0.5, 0.6) is 5.75 Å². The second-order valence-corrected chi connectivity index (χ2v) is 7.63. The van der Waals surface area contributed by atoms with E-state index in [1.54, 1.807) is 12.1 Å². The number of piperazine rings is 1. The van der Waals surface area contributed by atoms with E-state index in [0.717, 1.165) is 31.8 Å². The molecule has 4 nitrogen and oxygen atoms in total. The predicted molar refractivity (Wildman–Crippen MR) is 113 cm³/mol. The second-order valence-electron chi connectivity index (χ2n) is 7.19. The lowest BCUT2D eigenvalue weighted by atomic mass is 9.94. The minimum absolute atomic E-state index is 0. The maximum atomic E-state index is 10.4. The maximum Gasteiger partial charge on any atom is 0.119 e. The van der Waals surface area contributed by atoms with Crippen LogP contribution in [-0.4, -0.2) is 54.9 Å². The highest BCUT2D eigenvalue weighted by atomic mass is 35.5. The molecule has 146 valence electrons. The van der Waals surface area contributed by atoms with Crippen LogP contribution >= 0.6 is 24.0 Å². The fourth-order valence-corrected chi connectivity index (χ4v) is 4.17.